The molecular formula is C14H28N4O2. The Kier molecular flexibility index (Phi) is 6.95. The topological polar surface area (TPSA) is 69.9 Å². The van der Waals surface area contributed by atoms with Crippen LogP contribution in [0, 0.1) is 0 Å². The van der Waals surface area contributed by atoms with Crippen molar-refractivity contribution in [2.45, 2.75) is 33.2 Å². The number of amides is 2. The minimum atomic E-state index is -0.361. The molecule has 1 saturated heterocycles. The molecule has 0 aliphatic carbocycles. The van der Waals surface area contributed by atoms with Gasteiger partial charge in [0.1, 0.15) is 0 Å². The van der Waals surface area contributed by atoms with Crippen molar-refractivity contribution in [2.24, 2.45) is 5.73 Å². The monoisotopic (exact) mass is 284 g/mol. The van der Waals surface area contributed by atoms with Gasteiger partial charge in [-0.3, -0.25) is 14.5 Å². The van der Waals surface area contributed by atoms with E-state index in [1.807, 2.05) is 13.8 Å². The summed E-state index contributed by atoms with van der Waals surface area (Å²) >= 11 is 0. The number of carbonyl (C=O) groups excluding carboxylic acids is 2. The van der Waals surface area contributed by atoms with Gasteiger partial charge in [-0.2, -0.15) is 0 Å². The second-order valence-corrected chi connectivity index (χ2v) is 5.61. The Balaban J connectivity index is 2.44. The largest absolute Gasteiger partial charge is 0.370 e. The van der Waals surface area contributed by atoms with Gasteiger partial charge in [-0.25, -0.2) is 0 Å². The molecule has 1 heterocycles. The Labute approximate surface area is 121 Å². The number of nitrogens with two attached hydrogens (primary N) is 1. The number of carbonyl (C=O) groups is 2. The van der Waals surface area contributed by atoms with E-state index in [4.69, 9.17) is 5.73 Å². The van der Waals surface area contributed by atoms with Crippen LogP contribution in [0.5, 0.6) is 0 Å². The van der Waals surface area contributed by atoms with Gasteiger partial charge < -0.3 is 15.5 Å². The number of hydrogen-bond acceptors (Lipinski definition) is 4. The van der Waals surface area contributed by atoms with Crippen molar-refractivity contribution < 1.29 is 9.59 Å². The molecule has 1 aliphatic rings. The average molecular weight is 284 g/mol. The molecule has 6 nitrogen and oxygen atoms in total. The molecule has 0 aromatic rings. The van der Waals surface area contributed by atoms with E-state index in [1.165, 1.54) is 0 Å². The Morgan fingerprint density at radius 3 is 2.15 bits per heavy atom. The standard InChI is InChI=1S/C14H28N4O2/c1-4-16-7-9-17(10-8-16)11-14(20)18(12(2)3)6-5-13(15)19/h12H,4-11H2,1-3H3,(H2,15,19). The van der Waals surface area contributed by atoms with E-state index in [0.717, 1.165) is 32.7 Å². The van der Waals surface area contributed by atoms with Crippen LogP contribution in [0.3, 0.4) is 0 Å². The first kappa shape index (κ1) is 16.9. The molecule has 0 aromatic heterocycles. The van der Waals surface area contributed by atoms with Gasteiger partial charge in [0.2, 0.25) is 11.8 Å². The fraction of sp³-hybridized carbons (Fsp3) is 0.857. The first-order valence-electron chi connectivity index (χ1n) is 7.46. The molecule has 0 atom stereocenters. The van der Waals surface area contributed by atoms with Crippen LogP contribution in [0.1, 0.15) is 27.2 Å². The molecule has 0 radical (unpaired) electrons. The maximum absolute atomic E-state index is 12.3. The van der Waals surface area contributed by atoms with Crippen molar-refractivity contribution in [1.82, 2.24) is 14.7 Å². The number of primary amides is 1. The SMILES string of the molecule is CCN1CCN(CC(=O)N(CCC(N)=O)C(C)C)CC1. The van der Waals surface area contributed by atoms with Crippen LogP contribution in [0.2, 0.25) is 0 Å². The van der Waals surface area contributed by atoms with E-state index in [9.17, 15) is 9.59 Å². The molecule has 0 aromatic carbocycles. The maximum Gasteiger partial charge on any atom is 0.236 e. The van der Waals surface area contributed by atoms with Crippen molar-refractivity contribution in [2.75, 3.05) is 45.8 Å². The average Bonchev–Trinajstić information content (AvgIpc) is 2.39. The Bertz CT molecular complexity index is 325. The summed E-state index contributed by atoms with van der Waals surface area (Å²) in [5, 5.41) is 0. The molecule has 116 valence electrons. The molecule has 0 bridgehead atoms. The van der Waals surface area contributed by atoms with Crippen LogP contribution in [-0.4, -0.2) is 78.4 Å². The number of rotatable bonds is 7. The van der Waals surface area contributed by atoms with Gasteiger partial charge >= 0.3 is 0 Å². The van der Waals surface area contributed by atoms with Crippen LogP contribution in [0.15, 0.2) is 0 Å². The lowest BCUT2D eigenvalue weighted by Gasteiger charge is -2.35. The lowest BCUT2D eigenvalue weighted by atomic mass is 10.2. The zero-order chi connectivity index (χ0) is 15.1. The quantitative estimate of drug-likeness (QED) is 0.699. The maximum atomic E-state index is 12.3. The first-order chi connectivity index (χ1) is 9.43. The van der Waals surface area contributed by atoms with E-state index in [2.05, 4.69) is 16.7 Å². The number of piperazine rings is 1. The smallest absolute Gasteiger partial charge is 0.236 e. The third-order valence-electron chi connectivity index (χ3n) is 3.81. The number of nitrogens with zero attached hydrogens (tertiary/aromatic N) is 3. The lowest BCUT2D eigenvalue weighted by Crippen LogP contribution is -2.51. The minimum Gasteiger partial charge on any atom is -0.370 e. The summed E-state index contributed by atoms with van der Waals surface area (Å²) in [4.78, 5) is 29.5. The highest BCUT2D eigenvalue weighted by molar-refractivity contribution is 5.80. The normalized spacial score (nSPS) is 17.4. The van der Waals surface area contributed by atoms with E-state index in [0.29, 0.717) is 13.1 Å². The molecule has 1 aliphatic heterocycles. The van der Waals surface area contributed by atoms with Gasteiger partial charge in [-0.1, -0.05) is 6.92 Å². The van der Waals surface area contributed by atoms with Crippen molar-refractivity contribution >= 4 is 11.8 Å². The van der Waals surface area contributed by atoms with Crippen LogP contribution >= 0.6 is 0 Å². The summed E-state index contributed by atoms with van der Waals surface area (Å²) in [6.45, 7) is 11.9. The van der Waals surface area contributed by atoms with E-state index in [-0.39, 0.29) is 24.3 Å². The first-order valence-corrected chi connectivity index (χ1v) is 7.46. The van der Waals surface area contributed by atoms with Gasteiger partial charge in [-0.15, -0.1) is 0 Å². The molecule has 2 amide bonds. The van der Waals surface area contributed by atoms with Gasteiger partial charge in [0.05, 0.1) is 6.54 Å². The number of hydrogen-bond donors (Lipinski definition) is 1. The van der Waals surface area contributed by atoms with Gasteiger partial charge in [0.15, 0.2) is 0 Å². The van der Waals surface area contributed by atoms with Crippen molar-refractivity contribution in [1.29, 1.82) is 0 Å². The molecule has 0 saturated carbocycles. The fourth-order valence-corrected chi connectivity index (χ4v) is 2.45. The third kappa shape index (κ3) is 5.46. The van der Waals surface area contributed by atoms with Gasteiger partial charge in [-0.05, 0) is 20.4 Å². The summed E-state index contributed by atoms with van der Waals surface area (Å²) in [5.41, 5.74) is 5.16. The van der Waals surface area contributed by atoms with Crippen LogP contribution < -0.4 is 5.73 Å². The zero-order valence-electron chi connectivity index (χ0n) is 13.0. The van der Waals surface area contributed by atoms with Crippen molar-refractivity contribution in [3.63, 3.8) is 0 Å². The van der Waals surface area contributed by atoms with Crippen LogP contribution in [-0.2, 0) is 9.59 Å². The van der Waals surface area contributed by atoms with Crippen molar-refractivity contribution in [3.05, 3.63) is 0 Å². The Hall–Kier alpha value is -1.14. The molecule has 20 heavy (non-hydrogen) atoms. The summed E-state index contributed by atoms with van der Waals surface area (Å²) in [6, 6.07) is 0.0961. The summed E-state index contributed by atoms with van der Waals surface area (Å²) in [6.07, 6.45) is 0.230. The molecule has 1 rings (SSSR count). The lowest BCUT2D eigenvalue weighted by molar-refractivity contribution is -0.135. The highest BCUT2D eigenvalue weighted by Crippen LogP contribution is 2.05. The zero-order valence-corrected chi connectivity index (χ0v) is 13.0. The highest BCUT2D eigenvalue weighted by atomic mass is 16.2. The van der Waals surface area contributed by atoms with Gasteiger partial charge in [0.25, 0.3) is 0 Å². The van der Waals surface area contributed by atoms with E-state index >= 15 is 0 Å². The van der Waals surface area contributed by atoms with E-state index < -0.39 is 0 Å². The number of likely N-dealkylation sites (N-methyl/N-ethyl adjacent to an activating group) is 1. The fourth-order valence-electron chi connectivity index (χ4n) is 2.45. The predicted octanol–water partition coefficient (Wildman–Crippen LogP) is -0.264. The summed E-state index contributed by atoms with van der Waals surface area (Å²) in [7, 11) is 0. The molecule has 1 fully saturated rings. The molecule has 0 unspecified atom stereocenters. The Morgan fingerprint density at radius 2 is 1.70 bits per heavy atom. The summed E-state index contributed by atoms with van der Waals surface area (Å²) in [5.74, 6) is -0.272. The second kappa shape index (κ2) is 8.21. The molecular weight excluding hydrogens is 256 g/mol. The minimum absolute atomic E-state index is 0.0891. The summed E-state index contributed by atoms with van der Waals surface area (Å²) < 4.78 is 0. The van der Waals surface area contributed by atoms with E-state index in [1.54, 1.807) is 4.90 Å². The second-order valence-electron chi connectivity index (χ2n) is 5.61. The van der Waals surface area contributed by atoms with Crippen molar-refractivity contribution in [3.8, 4) is 0 Å². The van der Waals surface area contributed by atoms with Crippen LogP contribution in [0.25, 0.3) is 0 Å². The molecule has 0 spiro atoms. The Morgan fingerprint density at radius 1 is 1.15 bits per heavy atom. The molecule has 2 N–H and O–H groups in total. The highest BCUT2D eigenvalue weighted by Gasteiger charge is 2.22. The van der Waals surface area contributed by atoms with Gasteiger partial charge in [0, 0.05) is 45.2 Å². The predicted molar refractivity (Wildman–Crippen MR) is 79.2 cm³/mol. The molecule has 6 heteroatoms. The third-order valence-corrected chi connectivity index (χ3v) is 3.81. The van der Waals surface area contributed by atoms with Crippen LogP contribution in [0.4, 0.5) is 0 Å².